The summed E-state index contributed by atoms with van der Waals surface area (Å²) in [5.41, 5.74) is 0.368. The van der Waals surface area contributed by atoms with E-state index in [-0.39, 0.29) is 0 Å². The van der Waals surface area contributed by atoms with Crippen molar-refractivity contribution in [3.05, 3.63) is 0 Å². The molecular formula is C9H19N. The second-order valence-corrected chi connectivity index (χ2v) is 4.25. The predicted molar refractivity (Wildman–Crippen MR) is 45.0 cm³/mol. The minimum absolute atomic E-state index is 0.368. The van der Waals surface area contributed by atoms with Crippen molar-refractivity contribution in [3.63, 3.8) is 0 Å². The lowest BCUT2D eigenvalue weighted by atomic mass is 9.67. The molecule has 0 aromatic rings. The molecule has 1 rings (SSSR count). The Morgan fingerprint density at radius 1 is 1.30 bits per heavy atom. The molecule has 1 aliphatic carbocycles. The average molecular weight is 141 g/mol. The van der Waals surface area contributed by atoms with Gasteiger partial charge in [-0.3, -0.25) is 0 Å². The zero-order chi connectivity index (χ0) is 7.78. The van der Waals surface area contributed by atoms with Gasteiger partial charge in [0.05, 0.1) is 0 Å². The van der Waals surface area contributed by atoms with Crippen molar-refractivity contribution in [1.82, 2.24) is 5.32 Å². The van der Waals surface area contributed by atoms with Crippen molar-refractivity contribution in [1.29, 1.82) is 0 Å². The van der Waals surface area contributed by atoms with Gasteiger partial charge in [0.2, 0.25) is 0 Å². The third kappa shape index (κ3) is 1.34. The van der Waals surface area contributed by atoms with Crippen molar-refractivity contribution >= 4 is 0 Å². The fourth-order valence-corrected chi connectivity index (χ4v) is 1.70. The van der Waals surface area contributed by atoms with E-state index in [0.717, 1.165) is 11.8 Å². The van der Waals surface area contributed by atoms with Gasteiger partial charge in [-0.15, -0.1) is 0 Å². The van der Waals surface area contributed by atoms with E-state index in [0.29, 0.717) is 5.54 Å². The summed E-state index contributed by atoms with van der Waals surface area (Å²) in [6, 6.07) is 0. The molecule has 0 aromatic carbocycles. The third-order valence-corrected chi connectivity index (χ3v) is 3.04. The van der Waals surface area contributed by atoms with Gasteiger partial charge in [-0.1, -0.05) is 6.92 Å². The SMILES string of the molecule is CNC(C)(C)C1CC(C)C1. The van der Waals surface area contributed by atoms with Gasteiger partial charge in [0.25, 0.3) is 0 Å². The van der Waals surface area contributed by atoms with E-state index in [4.69, 9.17) is 0 Å². The molecular weight excluding hydrogens is 122 g/mol. The van der Waals surface area contributed by atoms with Crippen LogP contribution in [0.4, 0.5) is 0 Å². The Morgan fingerprint density at radius 3 is 2.10 bits per heavy atom. The Labute approximate surface area is 64.2 Å². The van der Waals surface area contributed by atoms with E-state index >= 15 is 0 Å². The molecule has 0 aliphatic heterocycles. The van der Waals surface area contributed by atoms with Crippen LogP contribution in [0, 0.1) is 11.8 Å². The predicted octanol–water partition coefficient (Wildman–Crippen LogP) is 2.03. The normalized spacial score (nSPS) is 33.6. The van der Waals surface area contributed by atoms with Gasteiger partial charge in [0.15, 0.2) is 0 Å². The maximum absolute atomic E-state index is 3.36. The van der Waals surface area contributed by atoms with Gasteiger partial charge in [-0.2, -0.15) is 0 Å². The molecule has 0 spiro atoms. The molecule has 1 fully saturated rings. The first kappa shape index (κ1) is 8.06. The van der Waals surface area contributed by atoms with Crippen LogP contribution < -0.4 is 5.32 Å². The zero-order valence-electron chi connectivity index (χ0n) is 7.57. The van der Waals surface area contributed by atoms with E-state index in [1.54, 1.807) is 0 Å². The Kier molecular flexibility index (Phi) is 2.04. The molecule has 0 atom stereocenters. The summed E-state index contributed by atoms with van der Waals surface area (Å²) in [4.78, 5) is 0. The molecule has 0 amide bonds. The van der Waals surface area contributed by atoms with Gasteiger partial charge >= 0.3 is 0 Å². The molecule has 60 valence electrons. The van der Waals surface area contributed by atoms with Crippen molar-refractivity contribution in [3.8, 4) is 0 Å². The van der Waals surface area contributed by atoms with Crippen LogP contribution in [-0.4, -0.2) is 12.6 Å². The molecule has 1 saturated carbocycles. The minimum Gasteiger partial charge on any atom is -0.315 e. The largest absolute Gasteiger partial charge is 0.315 e. The Balaban J connectivity index is 2.36. The zero-order valence-corrected chi connectivity index (χ0v) is 7.57. The van der Waals surface area contributed by atoms with Gasteiger partial charge in [0, 0.05) is 5.54 Å². The van der Waals surface area contributed by atoms with Crippen LogP contribution in [0.25, 0.3) is 0 Å². The Hall–Kier alpha value is -0.0400. The average Bonchev–Trinajstić information content (AvgIpc) is 1.81. The number of nitrogens with one attached hydrogen (secondary N) is 1. The quantitative estimate of drug-likeness (QED) is 0.620. The number of hydrogen-bond acceptors (Lipinski definition) is 1. The Morgan fingerprint density at radius 2 is 1.80 bits per heavy atom. The molecule has 1 heteroatoms. The summed E-state index contributed by atoms with van der Waals surface area (Å²) in [5.74, 6) is 1.88. The molecule has 0 heterocycles. The van der Waals surface area contributed by atoms with Crippen molar-refractivity contribution in [2.45, 2.75) is 39.2 Å². The molecule has 1 nitrogen and oxygen atoms in total. The number of rotatable bonds is 2. The summed E-state index contributed by atoms with van der Waals surface area (Å²) in [5, 5.41) is 3.36. The van der Waals surface area contributed by atoms with Gasteiger partial charge in [-0.05, 0) is 45.6 Å². The van der Waals surface area contributed by atoms with Crippen LogP contribution in [0.15, 0.2) is 0 Å². The maximum atomic E-state index is 3.36. The van der Waals surface area contributed by atoms with Crippen LogP contribution >= 0.6 is 0 Å². The first-order chi connectivity index (χ1) is 4.56. The van der Waals surface area contributed by atoms with E-state index < -0.39 is 0 Å². The molecule has 0 aromatic heterocycles. The lowest BCUT2D eigenvalue weighted by Crippen LogP contribution is -2.48. The fourth-order valence-electron chi connectivity index (χ4n) is 1.70. The highest BCUT2D eigenvalue weighted by Gasteiger charge is 2.36. The standard InChI is InChI=1S/C9H19N/c1-7-5-8(6-7)9(2,3)10-4/h7-8,10H,5-6H2,1-4H3. The van der Waals surface area contributed by atoms with E-state index in [9.17, 15) is 0 Å². The monoisotopic (exact) mass is 141 g/mol. The molecule has 10 heavy (non-hydrogen) atoms. The van der Waals surface area contributed by atoms with Crippen molar-refractivity contribution in [2.75, 3.05) is 7.05 Å². The van der Waals surface area contributed by atoms with E-state index in [1.807, 2.05) is 0 Å². The van der Waals surface area contributed by atoms with Gasteiger partial charge in [0.1, 0.15) is 0 Å². The van der Waals surface area contributed by atoms with Crippen LogP contribution in [0.3, 0.4) is 0 Å². The van der Waals surface area contributed by atoms with E-state index in [2.05, 4.69) is 33.1 Å². The molecule has 0 saturated heterocycles. The second kappa shape index (κ2) is 2.54. The van der Waals surface area contributed by atoms with Crippen molar-refractivity contribution in [2.24, 2.45) is 11.8 Å². The highest BCUT2D eigenvalue weighted by atomic mass is 14.9. The molecule has 0 unspecified atom stereocenters. The van der Waals surface area contributed by atoms with E-state index in [1.165, 1.54) is 12.8 Å². The summed E-state index contributed by atoms with van der Waals surface area (Å²) >= 11 is 0. The highest BCUT2D eigenvalue weighted by Crippen LogP contribution is 2.39. The molecule has 1 N–H and O–H groups in total. The Bertz CT molecular complexity index is 112. The maximum Gasteiger partial charge on any atom is 0.0150 e. The van der Waals surface area contributed by atoms with Crippen molar-refractivity contribution < 1.29 is 0 Å². The van der Waals surface area contributed by atoms with Crippen LogP contribution in [-0.2, 0) is 0 Å². The fraction of sp³-hybridized carbons (Fsp3) is 1.00. The first-order valence-electron chi connectivity index (χ1n) is 4.25. The lowest BCUT2D eigenvalue weighted by molar-refractivity contribution is 0.110. The van der Waals surface area contributed by atoms with Gasteiger partial charge in [-0.25, -0.2) is 0 Å². The summed E-state index contributed by atoms with van der Waals surface area (Å²) in [7, 11) is 2.06. The lowest BCUT2D eigenvalue weighted by Gasteiger charge is -2.44. The highest BCUT2D eigenvalue weighted by molar-refractivity contribution is 4.92. The second-order valence-electron chi connectivity index (χ2n) is 4.25. The minimum atomic E-state index is 0.368. The molecule has 1 aliphatic rings. The topological polar surface area (TPSA) is 12.0 Å². The van der Waals surface area contributed by atoms with Crippen LogP contribution in [0.5, 0.6) is 0 Å². The number of hydrogen-bond donors (Lipinski definition) is 1. The first-order valence-corrected chi connectivity index (χ1v) is 4.25. The summed E-state index contributed by atoms with van der Waals surface area (Å²) in [6.45, 7) is 6.93. The third-order valence-electron chi connectivity index (χ3n) is 3.04. The van der Waals surface area contributed by atoms with Gasteiger partial charge < -0.3 is 5.32 Å². The van der Waals surface area contributed by atoms with Crippen LogP contribution in [0.2, 0.25) is 0 Å². The molecule has 0 bridgehead atoms. The summed E-state index contributed by atoms with van der Waals surface area (Å²) < 4.78 is 0. The smallest absolute Gasteiger partial charge is 0.0150 e. The molecule has 0 radical (unpaired) electrons. The van der Waals surface area contributed by atoms with Crippen LogP contribution in [0.1, 0.15) is 33.6 Å². The summed E-state index contributed by atoms with van der Waals surface area (Å²) in [6.07, 6.45) is 2.82.